The standard InChI is InChI=1S/C18H19FN4O5S3/c19-15-9-20-18(30-15)21-17(24)16(22-28-13-5-7-27-10-13)12-1-3-14(4-2-12)31(25,26)23-6-8-29-11-23/h1-4,9,13H,5-8,10-11H2,(H,20,21,24)/t13-/m1/s1. The summed E-state index contributed by atoms with van der Waals surface area (Å²) < 4.78 is 45.3. The van der Waals surface area contributed by atoms with Gasteiger partial charge >= 0.3 is 0 Å². The summed E-state index contributed by atoms with van der Waals surface area (Å²) in [6.07, 6.45) is 1.35. The van der Waals surface area contributed by atoms with Crippen molar-refractivity contribution in [3.05, 3.63) is 41.2 Å². The topological polar surface area (TPSA) is 110 Å². The second kappa shape index (κ2) is 9.61. The quantitative estimate of drug-likeness (QED) is 0.472. The molecule has 9 nitrogen and oxygen atoms in total. The summed E-state index contributed by atoms with van der Waals surface area (Å²) >= 11 is 2.23. The van der Waals surface area contributed by atoms with Crippen LogP contribution in [-0.2, 0) is 24.4 Å². The van der Waals surface area contributed by atoms with Crippen molar-refractivity contribution < 1.29 is 27.2 Å². The fourth-order valence-electron chi connectivity index (χ4n) is 2.94. The summed E-state index contributed by atoms with van der Waals surface area (Å²) in [4.78, 5) is 22.1. The number of ether oxygens (including phenoxy) is 1. The fraction of sp³-hybridized carbons (Fsp3) is 0.389. The van der Waals surface area contributed by atoms with Gasteiger partial charge in [-0.25, -0.2) is 13.4 Å². The number of carbonyl (C=O) groups is 1. The number of carbonyl (C=O) groups excluding carboxylic acids is 1. The van der Waals surface area contributed by atoms with Crippen LogP contribution < -0.4 is 5.32 Å². The molecule has 0 spiro atoms. The predicted molar refractivity (Wildman–Crippen MR) is 115 cm³/mol. The number of oxime groups is 1. The summed E-state index contributed by atoms with van der Waals surface area (Å²) in [5, 5.41) is 6.01. The molecule has 0 bridgehead atoms. The molecule has 1 amide bonds. The molecule has 2 saturated heterocycles. The lowest BCUT2D eigenvalue weighted by atomic mass is 10.1. The third-order valence-electron chi connectivity index (χ3n) is 4.58. The Morgan fingerprint density at radius 1 is 1.35 bits per heavy atom. The Kier molecular flexibility index (Phi) is 6.86. The molecule has 2 aliphatic heterocycles. The first-order valence-corrected chi connectivity index (χ1v) is 12.8. The highest BCUT2D eigenvalue weighted by Crippen LogP contribution is 2.24. The third kappa shape index (κ3) is 5.23. The number of halogens is 1. The van der Waals surface area contributed by atoms with E-state index in [0.717, 1.165) is 11.9 Å². The number of sulfonamides is 1. The molecule has 0 unspecified atom stereocenters. The van der Waals surface area contributed by atoms with Crippen LogP contribution in [0.15, 0.2) is 40.5 Å². The van der Waals surface area contributed by atoms with Gasteiger partial charge in [0, 0.05) is 24.3 Å². The second-order valence-corrected chi connectivity index (χ2v) is 10.7. The lowest BCUT2D eigenvalue weighted by molar-refractivity contribution is -0.110. The number of amides is 1. The molecular weight excluding hydrogens is 467 g/mol. The van der Waals surface area contributed by atoms with Gasteiger partial charge in [0.1, 0.15) is 0 Å². The van der Waals surface area contributed by atoms with Gasteiger partial charge in [0.05, 0.1) is 30.2 Å². The van der Waals surface area contributed by atoms with Gasteiger partial charge in [0.2, 0.25) is 10.0 Å². The Morgan fingerprint density at radius 3 is 2.77 bits per heavy atom. The highest BCUT2D eigenvalue weighted by molar-refractivity contribution is 8.00. The SMILES string of the molecule is O=C(Nc1ncc(F)s1)C(=NO[C@@H]1CCOC1)c1ccc(S(=O)(=O)N2CCSC2)cc1. The monoisotopic (exact) mass is 486 g/mol. The zero-order valence-corrected chi connectivity index (χ0v) is 18.6. The van der Waals surface area contributed by atoms with E-state index in [4.69, 9.17) is 9.57 Å². The van der Waals surface area contributed by atoms with Crippen molar-refractivity contribution in [3.63, 3.8) is 0 Å². The Morgan fingerprint density at radius 2 is 2.16 bits per heavy atom. The van der Waals surface area contributed by atoms with Gasteiger partial charge in [0.15, 0.2) is 22.1 Å². The van der Waals surface area contributed by atoms with Crippen LogP contribution in [0.1, 0.15) is 12.0 Å². The maximum atomic E-state index is 13.2. The van der Waals surface area contributed by atoms with Crippen LogP contribution >= 0.6 is 23.1 Å². The normalized spacial score (nSPS) is 20.2. The maximum absolute atomic E-state index is 13.2. The van der Waals surface area contributed by atoms with Crippen LogP contribution in [0.5, 0.6) is 0 Å². The lowest BCUT2D eigenvalue weighted by Crippen LogP contribution is -2.28. The largest absolute Gasteiger partial charge is 0.389 e. The van der Waals surface area contributed by atoms with Gasteiger partial charge in [-0.2, -0.15) is 8.70 Å². The zero-order chi connectivity index (χ0) is 21.8. The molecule has 1 atom stereocenters. The van der Waals surface area contributed by atoms with Gasteiger partial charge < -0.3 is 9.57 Å². The van der Waals surface area contributed by atoms with Gasteiger partial charge in [-0.05, 0) is 12.1 Å². The molecule has 4 rings (SSSR count). The van der Waals surface area contributed by atoms with E-state index in [-0.39, 0.29) is 21.8 Å². The van der Waals surface area contributed by atoms with Crippen molar-refractivity contribution >= 4 is 49.9 Å². The number of thiazole rings is 1. The van der Waals surface area contributed by atoms with Crippen LogP contribution in [-0.4, -0.2) is 66.8 Å². The molecule has 1 aromatic carbocycles. The Balaban J connectivity index is 1.57. The molecule has 0 saturated carbocycles. The number of aromatic nitrogens is 1. The number of nitrogens with one attached hydrogen (secondary N) is 1. The second-order valence-electron chi connectivity index (χ2n) is 6.70. The van der Waals surface area contributed by atoms with E-state index >= 15 is 0 Å². The van der Waals surface area contributed by atoms with Crippen molar-refractivity contribution in [1.82, 2.24) is 9.29 Å². The Hall–Kier alpha value is -2.06. The molecule has 1 aromatic heterocycles. The highest BCUT2D eigenvalue weighted by atomic mass is 32.2. The Labute approximate surface area is 186 Å². The number of benzene rings is 1. The molecule has 13 heteroatoms. The average Bonchev–Trinajstić information content (AvgIpc) is 3.52. The summed E-state index contributed by atoms with van der Waals surface area (Å²) in [5.74, 6) is 0.522. The molecule has 166 valence electrons. The minimum absolute atomic E-state index is 0.0742. The van der Waals surface area contributed by atoms with Gasteiger partial charge in [-0.1, -0.05) is 28.6 Å². The van der Waals surface area contributed by atoms with Crippen LogP contribution in [0.25, 0.3) is 0 Å². The van der Waals surface area contributed by atoms with Crippen LogP contribution in [0, 0.1) is 5.13 Å². The van der Waals surface area contributed by atoms with Crippen LogP contribution in [0.3, 0.4) is 0 Å². The number of anilines is 1. The minimum atomic E-state index is -3.60. The molecule has 1 N–H and O–H groups in total. The van der Waals surface area contributed by atoms with Crippen molar-refractivity contribution in [2.24, 2.45) is 5.16 Å². The molecular formula is C18H19FN4O5S3. The molecule has 2 aliphatic rings. The van der Waals surface area contributed by atoms with Crippen molar-refractivity contribution in [2.45, 2.75) is 17.4 Å². The fourth-order valence-corrected chi connectivity index (χ4v) is 6.29. The molecule has 0 aliphatic carbocycles. The summed E-state index contributed by atoms with van der Waals surface area (Å²) in [7, 11) is -3.60. The predicted octanol–water partition coefficient (Wildman–Crippen LogP) is 2.13. The van der Waals surface area contributed by atoms with Crippen LogP contribution in [0.2, 0.25) is 0 Å². The van der Waals surface area contributed by atoms with Crippen molar-refractivity contribution in [3.8, 4) is 0 Å². The lowest BCUT2D eigenvalue weighted by Gasteiger charge is -2.15. The first kappa shape index (κ1) is 22.1. The third-order valence-corrected chi connectivity index (χ3v) is 8.27. The smallest absolute Gasteiger partial charge is 0.280 e. The van der Waals surface area contributed by atoms with Gasteiger partial charge in [-0.3, -0.25) is 10.1 Å². The van der Waals surface area contributed by atoms with Crippen LogP contribution in [0.4, 0.5) is 9.52 Å². The summed E-state index contributed by atoms with van der Waals surface area (Å²) in [6, 6.07) is 5.84. The van der Waals surface area contributed by atoms with E-state index in [2.05, 4.69) is 15.5 Å². The van der Waals surface area contributed by atoms with Crippen molar-refractivity contribution in [1.29, 1.82) is 0 Å². The maximum Gasteiger partial charge on any atom is 0.280 e. The van der Waals surface area contributed by atoms with E-state index in [1.807, 2.05) is 0 Å². The molecule has 2 aromatic rings. The first-order valence-electron chi connectivity index (χ1n) is 9.36. The molecule has 3 heterocycles. The minimum Gasteiger partial charge on any atom is -0.389 e. The zero-order valence-electron chi connectivity index (χ0n) is 16.2. The number of hydrogen-bond acceptors (Lipinski definition) is 9. The van der Waals surface area contributed by atoms with E-state index in [0.29, 0.717) is 49.0 Å². The van der Waals surface area contributed by atoms with E-state index < -0.39 is 21.1 Å². The van der Waals surface area contributed by atoms with E-state index in [1.54, 1.807) is 11.8 Å². The first-order chi connectivity index (χ1) is 14.9. The summed E-state index contributed by atoms with van der Waals surface area (Å²) in [5.41, 5.74) is 0.270. The van der Waals surface area contributed by atoms with E-state index in [9.17, 15) is 17.6 Å². The van der Waals surface area contributed by atoms with E-state index in [1.165, 1.54) is 28.6 Å². The Bertz CT molecular complexity index is 1060. The molecule has 2 fully saturated rings. The average molecular weight is 487 g/mol. The number of thioether (sulfide) groups is 1. The summed E-state index contributed by atoms with van der Waals surface area (Å²) in [6.45, 7) is 1.37. The highest BCUT2D eigenvalue weighted by Gasteiger charge is 2.28. The number of hydrogen-bond donors (Lipinski definition) is 1. The molecule has 31 heavy (non-hydrogen) atoms. The van der Waals surface area contributed by atoms with Gasteiger partial charge in [-0.15, -0.1) is 11.8 Å². The molecule has 0 radical (unpaired) electrons. The number of nitrogens with zero attached hydrogens (tertiary/aromatic N) is 3. The number of rotatable bonds is 7. The van der Waals surface area contributed by atoms with Crippen molar-refractivity contribution in [2.75, 3.05) is 36.7 Å². The van der Waals surface area contributed by atoms with Gasteiger partial charge in [0.25, 0.3) is 5.91 Å².